The Kier molecular flexibility index (Phi) is 3.72. The van der Waals surface area contributed by atoms with Gasteiger partial charge in [0.25, 0.3) is 0 Å². The molecule has 0 spiro atoms. The highest BCUT2D eigenvalue weighted by Crippen LogP contribution is 2.16. The Balaban J connectivity index is 2.14. The van der Waals surface area contributed by atoms with Crippen LogP contribution in [0.2, 0.25) is 0 Å². The number of anilines is 1. The van der Waals surface area contributed by atoms with Gasteiger partial charge in [0.15, 0.2) is 0 Å². The second-order valence-corrected chi connectivity index (χ2v) is 3.73. The summed E-state index contributed by atoms with van der Waals surface area (Å²) in [5.41, 5.74) is 1.52. The Labute approximate surface area is 99.1 Å². The third-order valence-electron chi connectivity index (χ3n) is 2.42. The Hall–Kier alpha value is -1.88. The fraction of sp³-hybridized carbons (Fsp3) is 0.333. The highest BCUT2D eigenvalue weighted by Gasteiger charge is 2.10. The maximum Gasteiger partial charge on any atom is 0.307 e. The number of rotatable bonds is 3. The number of aliphatic carboxylic acids is 1. The monoisotopic (exact) mass is 234 g/mol. The van der Waals surface area contributed by atoms with Crippen LogP contribution in [0.1, 0.15) is 5.56 Å². The second kappa shape index (κ2) is 5.45. The van der Waals surface area contributed by atoms with Crippen LogP contribution in [0, 0.1) is 0 Å². The molecule has 1 aliphatic rings. The standard InChI is InChI=1S/C12H14N2O3/c15-12(16)7-9-3-1-2-4-10(9)14-11-8-17-6-5-13-11/h1-4H,5-8H2,(H,13,14)(H,15,16). The molecule has 0 saturated heterocycles. The lowest BCUT2D eigenvalue weighted by Crippen LogP contribution is -2.25. The number of carboxylic acid groups (broad SMARTS) is 1. The summed E-state index contributed by atoms with van der Waals surface area (Å²) in [6, 6.07) is 7.32. The van der Waals surface area contributed by atoms with Gasteiger partial charge in [0, 0.05) is 5.69 Å². The number of amidine groups is 1. The van der Waals surface area contributed by atoms with E-state index in [1.54, 1.807) is 6.07 Å². The molecule has 1 aliphatic heterocycles. The van der Waals surface area contributed by atoms with Crippen LogP contribution < -0.4 is 5.32 Å². The highest BCUT2D eigenvalue weighted by molar-refractivity contribution is 5.97. The molecule has 1 aromatic carbocycles. The van der Waals surface area contributed by atoms with Crippen LogP contribution in [-0.4, -0.2) is 36.7 Å². The minimum Gasteiger partial charge on any atom is -0.481 e. The summed E-state index contributed by atoms with van der Waals surface area (Å²) in [6.07, 6.45) is -0.00267. The fourth-order valence-corrected chi connectivity index (χ4v) is 1.65. The van der Waals surface area contributed by atoms with Crippen molar-refractivity contribution < 1.29 is 14.6 Å². The Morgan fingerprint density at radius 2 is 2.29 bits per heavy atom. The average Bonchev–Trinajstić information content (AvgIpc) is 2.32. The van der Waals surface area contributed by atoms with E-state index in [9.17, 15) is 4.79 Å². The van der Waals surface area contributed by atoms with Crippen LogP contribution >= 0.6 is 0 Å². The molecular formula is C12H14N2O3. The van der Waals surface area contributed by atoms with Crippen LogP contribution in [0.4, 0.5) is 5.69 Å². The number of carboxylic acids is 1. The maximum absolute atomic E-state index is 10.7. The minimum atomic E-state index is -0.846. The summed E-state index contributed by atoms with van der Waals surface area (Å²) in [5, 5.41) is 11.9. The van der Waals surface area contributed by atoms with Gasteiger partial charge in [0.2, 0.25) is 0 Å². The number of benzene rings is 1. The van der Waals surface area contributed by atoms with Crippen molar-refractivity contribution in [1.29, 1.82) is 0 Å². The molecule has 0 fully saturated rings. The van der Waals surface area contributed by atoms with Gasteiger partial charge in [0.1, 0.15) is 12.4 Å². The van der Waals surface area contributed by atoms with Crippen molar-refractivity contribution in [1.82, 2.24) is 0 Å². The lowest BCUT2D eigenvalue weighted by Gasteiger charge is -2.16. The highest BCUT2D eigenvalue weighted by atomic mass is 16.5. The van der Waals surface area contributed by atoms with E-state index in [1.165, 1.54) is 0 Å². The van der Waals surface area contributed by atoms with Gasteiger partial charge in [-0.05, 0) is 11.6 Å². The molecule has 5 nitrogen and oxygen atoms in total. The van der Waals surface area contributed by atoms with E-state index in [1.807, 2.05) is 18.2 Å². The normalized spacial score (nSPS) is 15.2. The first-order chi connectivity index (χ1) is 8.25. The van der Waals surface area contributed by atoms with Gasteiger partial charge >= 0.3 is 5.97 Å². The zero-order valence-corrected chi connectivity index (χ0v) is 9.35. The van der Waals surface area contributed by atoms with E-state index in [-0.39, 0.29) is 6.42 Å². The summed E-state index contributed by atoms with van der Waals surface area (Å²) in [6.45, 7) is 1.73. The van der Waals surface area contributed by atoms with E-state index in [0.29, 0.717) is 19.8 Å². The molecule has 0 saturated carbocycles. The molecule has 0 aromatic heterocycles. The van der Waals surface area contributed by atoms with Gasteiger partial charge < -0.3 is 15.2 Å². The Bertz CT molecular complexity index is 443. The van der Waals surface area contributed by atoms with Gasteiger partial charge in [-0.1, -0.05) is 18.2 Å². The minimum absolute atomic E-state index is 0.00267. The number of aliphatic imine (C=N–C) groups is 1. The molecule has 17 heavy (non-hydrogen) atoms. The lowest BCUT2D eigenvalue weighted by molar-refractivity contribution is -0.136. The molecule has 90 valence electrons. The first-order valence-corrected chi connectivity index (χ1v) is 5.43. The molecule has 0 radical (unpaired) electrons. The third-order valence-corrected chi connectivity index (χ3v) is 2.42. The topological polar surface area (TPSA) is 70.9 Å². The van der Waals surface area contributed by atoms with Gasteiger partial charge in [-0.15, -0.1) is 0 Å². The van der Waals surface area contributed by atoms with Crippen molar-refractivity contribution in [2.24, 2.45) is 4.99 Å². The van der Waals surface area contributed by atoms with Crippen molar-refractivity contribution in [2.75, 3.05) is 25.1 Å². The quantitative estimate of drug-likeness (QED) is 0.823. The molecule has 1 aromatic rings. The number of nitrogens with one attached hydrogen (secondary N) is 1. The van der Waals surface area contributed by atoms with E-state index in [0.717, 1.165) is 17.1 Å². The lowest BCUT2D eigenvalue weighted by atomic mass is 10.1. The van der Waals surface area contributed by atoms with Crippen molar-refractivity contribution in [3.05, 3.63) is 29.8 Å². The first kappa shape index (κ1) is 11.6. The van der Waals surface area contributed by atoms with Crippen molar-refractivity contribution in [2.45, 2.75) is 6.42 Å². The number of nitrogens with zero attached hydrogens (tertiary/aromatic N) is 1. The van der Waals surface area contributed by atoms with E-state index < -0.39 is 5.97 Å². The van der Waals surface area contributed by atoms with Crippen LogP contribution in [0.3, 0.4) is 0 Å². The molecule has 1 heterocycles. The fourth-order valence-electron chi connectivity index (χ4n) is 1.65. The second-order valence-electron chi connectivity index (χ2n) is 3.73. The average molecular weight is 234 g/mol. The predicted molar refractivity (Wildman–Crippen MR) is 64.5 cm³/mol. The predicted octanol–water partition coefficient (Wildman–Crippen LogP) is 1.15. The molecule has 0 unspecified atom stereocenters. The van der Waals surface area contributed by atoms with Gasteiger partial charge in [0.05, 0.1) is 19.6 Å². The van der Waals surface area contributed by atoms with Crippen molar-refractivity contribution >= 4 is 17.5 Å². The SMILES string of the molecule is O=C(O)Cc1ccccc1NC1=NCCOC1. The van der Waals surface area contributed by atoms with Gasteiger partial charge in [-0.3, -0.25) is 9.79 Å². The molecule has 0 bridgehead atoms. The molecule has 5 heteroatoms. The largest absolute Gasteiger partial charge is 0.481 e. The molecule has 0 aliphatic carbocycles. The number of ether oxygens (including phenoxy) is 1. The number of hydrogen-bond acceptors (Lipinski definition) is 4. The van der Waals surface area contributed by atoms with Crippen LogP contribution in [0.15, 0.2) is 29.3 Å². The molecule has 2 rings (SSSR count). The third kappa shape index (κ3) is 3.29. The zero-order valence-electron chi connectivity index (χ0n) is 9.35. The summed E-state index contributed by atoms with van der Waals surface area (Å²) >= 11 is 0. The first-order valence-electron chi connectivity index (χ1n) is 5.43. The van der Waals surface area contributed by atoms with Crippen molar-refractivity contribution in [3.8, 4) is 0 Å². The number of carbonyl (C=O) groups is 1. The molecule has 0 amide bonds. The molecular weight excluding hydrogens is 220 g/mol. The Morgan fingerprint density at radius 1 is 1.47 bits per heavy atom. The van der Waals surface area contributed by atoms with E-state index >= 15 is 0 Å². The number of hydrogen-bond donors (Lipinski definition) is 2. The number of para-hydroxylation sites is 1. The van der Waals surface area contributed by atoms with Gasteiger partial charge in [-0.2, -0.15) is 0 Å². The molecule has 2 N–H and O–H groups in total. The van der Waals surface area contributed by atoms with Crippen LogP contribution in [-0.2, 0) is 16.0 Å². The van der Waals surface area contributed by atoms with E-state index in [4.69, 9.17) is 9.84 Å². The summed E-state index contributed by atoms with van der Waals surface area (Å²) < 4.78 is 5.27. The maximum atomic E-state index is 10.7. The molecule has 0 atom stereocenters. The van der Waals surface area contributed by atoms with E-state index in [2.05, 4.69) is 10.3 Å². The Morgan fingerprint density at radius 3 is 3.00 bits per heavy atom. The summed E-state index contributed by atoms with van der Waals surface area (Å²) in [4.78, 5) is 15.0. The van der Waals surface area contributed by atoms with Crippen LogP contribution in [0.5, 0.6) is 0 Å². The smallest absolute Gasteiger partial charge is 0.307 e. The zero-order chi connectivity index (χ0) is 12.1. The van der Waals surface area contributed by atoms with Crippen LogP contribution in [0.25, 0.3) is 0 Å². The van der Waals surface area contributed by atoms with Crippen molar-refractivity contribution in [3.63, 3.8) is 0 Å². The summed E-state index contributed by atoms with van der Waals surface area (Å²) in [7, 11) is 0. The summed E-state index contributed by atoms with van der Waals surface area (Å²) in [5.74, 6) is -0.102. The van der Waals surface area contributed by atoms with Gasteiger partial charge in [-0.25, -0.2) is 0 Å².